The van der Waals surface area contributed by atoms with Crippen molar-refractivity contribution in [2.24, 2.45) is 0 Å². The summed E-state index contributed by atoms with van der Waals surface area (Å²) in [6, 6.07) is 7.03. The van der Waals surface area contributed by atoms with Gasteiger partial charge in [0.1, 0.15) is 0 Å². The quantitative estimate of drug-likeness (QED) is 0.845. The van der Waals surface area contributed by atoms with Crippen LogP contribution in [0.4, 0.5) is 0 Å². The molecule has 0 radical (unpaired) electrons. The molecule has 0 saturated carbocycles. The van der Waals surface area contributed by atoms with Crippen molar-refractivity contribution in [1.29, 1.82) is 0 Å². The second kappa shape index (κ2) is 7.53. The lowest BCUT2D eigenvalue weighted by Crippen LogP contribution is -2.32. The van der Waals surface area contributed by atoms with E-state index < -0.39 is 17.9 Å². The number of esters is 2. The van der Waals surface area contributed by atoms with Crippen molar-refractivity contribution in [2.75, 3.05) is 13.7 Å². The first-order chi connectivity index (χ1) is 11.4. The summed E-state index contributed by atoms with van der Waals surface area (Å²) in [5.41, 5.74) is 2.84. The summed E-state index contributed by atoms with van der Waals surface area (Å²) in [7, 11) is 1.32. The van der Waals surface area contributed by atoms with Gasteiger partial charge in [-0.3, -0.25) is 0 Å². The molecule has 0 aliphatic carbocycles. The number of methoxy groups -OCH3 is 1. The normalized spacial score (nSPS) is 17.5. The molecule has 1 N–H and O–H groups in total. The predicted molar refractivity (Wildman–Crippen MR) is 91.4 cm³/mol. The van der Waals surface area contributed by atoms with Crippen LogP contribution in [0.5, 0.6) is 0 Å². The standard InChI is InChI=1S/C18H20ClNO4/c1-5-24-18(22)15-11(3)20-10(2)14(17(21)23-4)16(15)12-6-8-13(19)9-7-12/h6-9,16,20H,5H2,1-4H3/t16-/m0/s1. The monoisotopic (exact) mass is 349 g/mol. The summed E-state index contributed by atoms with van der Waals surface area (Å²) in [6.07, 6.45) is 0. The minimum atomic E-state index is -0.574. The topological polar surface area (TPSA) is 64.6 Å². The molecule has 1 aromatic carbocycles. The summed E-state index contributed by atoms with van der Waals surface area (Å²) < 4.78 is 10.1. The summed E-state index contributed by atoms with van der Waals surface area (Å²) in [6.45, 7) is 5.55. The fourth-order valence-electron chi connectivity index (χ4n) is 2.84. The molecule has 6 heteroatoms. The zero-order valence-electron chi connectivity index (χ0n) is 14.1. The van der Waals surface area contributed by atoms with Crippen molar-refractivity contribution in [1.82, 2.24) is 5.32 Å². The molecule has 1 heterocycles. The van der Waals surface area contributed by atoms with E-state index in [9.17, 15) is 9.59 Å². The first-order valence-electron chi connectivity index (χ1n) is 7.60. The van der Waals surface area contributed by atoms with E-state index >= 15 is 0 Å². The molecule has 0 unspecified atom stereocenters. The SMILES string of the molecule is CCOC(=O)C1=C(C)NC(C)=C(C(=O)OC)[C@@H]1c1ccc(Cl)cc1. The molecule has 1 aromatic rings. The second-order valence-corrected chi connectivity index (χ2v) is 5.84. The summed E-state index contributed by atoms with van der Waals surface area (Å²) >= 11 is 5.96. The Morgan fingerprint density at radius 1 is 1.08 bits per heavy atom. The lowest BCUT2D eigenvalue weighted by molar-refractivity contribution is -0.139. The molecule has 2 rings (SSSR count). The van der Waals surface area contributed by atoms with Crippen LogP contribution in [-0.4, -0.2) is 25.7 Å². The second-order valence-electron chi connectivity index (χ2n) is 5.40. The molecule has 24 heavy (non-hydrogen) atoms. The molecule has 0 amide bonds. The summed E-state index contributed by atoms with van der Waals surface area (Å²) in [5, 5.41) is 3.65. The number of ether oxygens (including phenoxy) is 2. The Balaban J connectivity index is 2.63. The van der Waals surface area contributed by atoms with E-state index in [2.05, 4.69) is 5.32 Å². The lowest BCUT2D eigenvalue weighted by Gasteiger charge is -2.30. The van der Waals surface area contributed by atoms with Gasteiger partial charge in [-0.15, -0.1) is 0 Å². The van der Waals surface area contributed by atoms with Gasteiger partial charge in [-0.1, -0.05) is 23.7 Å². The van der Waals surface area contributed by atoms with Crippen molar-refractivity contribution in [2.45, 2.75) is 26.7 Å². The molecule has 1 aliphatic rings. The lowest BCUT2D eigenvalue weighted by atomic mass is 9.80. The Morgan fingerprint density at radius 2 is 1.62 bits per heavy atom. The van der Waals surface area contributed by atoms with Gasteiger partial charge in [0, 0.05) is 16.4 Å². The van der Waals surface area contributed by atoms with Crippen molar-refractivity contribution in [3.63, 3.8) is 0 Å². The van der Waals surface area contributed by atoms with Gasteiger partial charge in [0.05, 0.1) is 30.8 Å². The fourth-order valence-corrected chi connectivity index (χ4v) is 2.97. The number of hydrogen-bond acceptors (Lipinski definition) is 5. The van der Waals surface area contributed by atoms with E-state index in [-0.39, 0.29) is 6.61 Å². The summed E-state index contributed by atoms with van der Waals surface area (Å²) in [4.78, 5) is 24.8. The number of benzene rings is 1. The highest BCUT2D eigenvalue weighted by Gasteiger charge is 2.37. The van der Waals surface area contributed by atoms with Gasteiger partial charge in [-0.2, -0.15) is 0 Å². The number of hydrogen-bond donors (Lipinski definition) is 1. The Bertz CT molecular complexity index is 719. The van der Waals surface area contributed by atoms with Crippen LogP contribution in [0.25, 0.3) is 0 Å². The molecule has 0 aromatic heterocycles. The molecule has 0 bridgehead atoms. The number of carbonyl (C=O) groups is 2. The molecule has 1 aliphatic heterocycles. The zero-order chi connectivity index (χ0) is 17.9. The van der Waals surface area contributed by atoms with E-state index in [1.165, 1.54) is 7.11 Å². The fraction of sp³-hybridized carbons (Fsp3) is 0.333. The minimum absolute atomic E-state index is 0.249. The third-order valence-electron chi connectivity index (χ3n) is 3.86. The maximum absolute atomic E-state index is 12.5. The third kappa shape index (κ3) is 3.46. The van der Waals surface area contributed by atoms with Crippen LogP contribution in [0.15, 0.2) is 46.8 Å². The Kier molecular flexibility index (Phi) is 5.67. The molecular formula is C18H20ClNO4. The summed E-state index contributed by atoms with van der Waals surface area (Å²) in [5.74, 6) is -1.53. The molecule has 0 saturated heterocycles. The highest BCUT2D eigenvalue weighted by molar-refractivity contribution is 6.30. The van der Waals surface area contributed by atoms with Crippen LogP contribution < -0.4 is 5.32 Å². The van der Waals surface area contributed by atoms with E-state index in [4.69, 9.17) is 21.1 Å². The highest BCUT2D eigenvalue weighted by atomic mass is 35.5. The third-order valence-corrected chi connectivity index (χ3v) is 4.12. The average molecular weight is 350 g/mol. The van der Waals surface area contributed by atoms with Crippen LogP contribution in [0.3, 0.4) is 0 Å². The van der Waals surface area contributed by atoms with Crippen molar-refractivity contribution < 1.29 is 19.1 Å². The van der Waals surface area contributed by atoms with Gasteiger partial charge < -0.3 is 14.8 Å². The number of allylic oxidation sites excluding steroid dienone is 2. The Hall–Kier alpha value is -2.27. The van der Waals surface area contributed by atoms with Crippen LogP contribution in [0, 0.1) is 0 Å². The molecular weight excluding hydrogens is 330 g/mol. The average Bonchev–Trinajstić information content (AvgIpc) is 2.54. The van der Waals surface area contributed by atoms with Gasteiger partial charge in [-0.05, 0) is 38.5 Å². The van der Waals surface area contributed by atoms with E-state index in [1.54, 1.807) is 45.0 Å². The van der Waals surface area contributed by atoms with Gasteiger partial charge in [0.15, 0.2) is 0 Å². The zero-order valence-corrected chi connectivity index (χ0v) is 14.9. The largest absolute Gasteiger partial charge is 0.466 e. The van der Waals surface area contributed by atoms with Gasteiger partial charge in [-0.25, -0.2) is 9.59 Å². The van der Waals surface area contributed by atoms with E-state index in [0.29, 0.717) is 27.6 Å². The van der Waals surface area contributed by atoms with Gasteiger partial charge in [0.25, 0.3) is 0 Å². The Morgan fingerprint density at radius 3 is 2.12 bits per heavy atom. The first kappa shape index (κ1) is 18.1. The van der Waals surface area contributed by atoms with Crippen LogP contribution in [0.2, 0.25) is 5.02 Å². The van der Waals surface area contributed by atoms with Crippen molar-refractivity contribution >= 4 is 23.5 Å². The maximum atomic E-state index is 12.5. The molecule has 1 atom stereocenters. The molecule has 128 valence electrons. The maximum Gasteiger partial charge on any atom is 0.336 e. The van der Waals surface area contributed by atoms with Crippen molar-refractivity contribution in [3.05, 3.63) is 57.4 Å². The van der Waals surface area contributed by atoms with Crippen molar-refractivity contribution in [3.8, 4) is 0 Å². The van der Waals surface area contributed by atoms with E-state index in [0.717, 1.165) is 5.56 Å². The number of nitrogens with one attached hydrogen (secondary N) is 1. The van der Waals surface area contributed by atoms with Crippen LogP contribution in [0.1, 0.15) is 32.3 Å². The van der Waals surface area contributed by atoms with Gasteiger partial charge >= 0.3 is 11.9 Å². The van der Waals surface area contributed by atoms with E-state index in [1.807, 2.05) is 0 Å². The smallest absolute Gasteiger partial charge is 0.336 e. The number of carbonyl (C=O) groups excluding carboxylic acids is 2. The Labute approximate surface area is 146 Å². The predicted octanol–water partition coefficient (Wildman–Crippen LogP) is 3.31. The number of rotatable bonds is 4. The highest BCUT2D eigenvalue weighted by Crippen LogP contribution is 2.39. The number of halogens is 1. The first-order valence-corrected chi connectivity index (χ1v) is 7.97. The molecule has 5 nitrogen and oxygen atoms in total. The molecule has 0 spiro atoms. The van der Waals surface area contributed by atoms with Crippen LogP contribution in [-0.2, 0) is 19.1 Å². The van der Waals surface area contributed by atoms with Gasteiger partial charge in [0.2, 0.25) is 0 Å². The molecule has 0 fully saturated rings. The minimum Gasteiger partial charge on any atom is -0.466 e. The van der Waals surface area contributed by atoms with Crippen LogP contribution >= 0.6 is 11.6 Å². The number of dihydropyridines is 1.